The van der Waals surface area contributed by atoms with Crippen LogP contribution in [0.4, 0.5) is 11.4 Å². The monoisotopic (exact) mass is 588 g/mol. The highest BCUT2D eigenvalue weighted by Crippen LogP contribution is 2.48. The number of rotatable bonds is 6. The number of ether oxygens (including phenoxy) is 1. The number of allylic oxidation sites excluding steroid dienone is 3. The molecular weight excluding hydrogens is 563 g/mol. The van der Waals surface area contributed by atoms with Crippen LogP contribution in [0.15, 0.2) is 77.3 Å². The van der Waals surface area contributed by atoms with Gasteiger partial charge in [0.15, 0.2) is 5.78 Å². The van der Waals surface area contributed by atoms with Gasteiger partial charge >= 0.3 is 0 Å². The van der Waals surface area contributed by atoms with Crippen LogP contribution in [0.1, 0.15) is 47.4 Å². The highest BCUT2D eigenvalue weighted by molar-refractivity contribution is 6.32. The molecule has 1 unspecified atom stereocenters. The van der Waals surface area contributed by atoms with Crippen LogP contribution in [0.25, 0.3) is 0 Å². The van der Waals surface area contributed by atoms with Crippen LogP contribution >= 0.6 is 23.2 Å². The highest BCUT2D eigenvalue weighted by Gasteiger charge is 2.41. The number of ketones is 1. The smallest absolute Gasteiger partial charge is 0.289 e. The molecule has 1 atom stereocenters. The molecule has 3 aromatic rings. The predicted octanol–water partition coefficient (Wildman–Crippen LogP) is 7.40. The van der Waals surface area contributed by atoms with Crippen LogP contribution in [-0.4, -0.2) is 10.7 Å². The third-order valence-corrected chi connectivity index (χ3v) is 8.19. The summed E-state index contributed by atoms with van der Waals surface area (Å²) in [6.07, 6.45) is 1.44. The molecule has 0 spiro atoms. The Hall–Kier alpha value is -4.32. The second-order valence-electron chi connectivity index (χ2n) is 10.1. The van der Waals surface area contributed by atoms with Crippen molar-refractivity contribution in [3.8, 4) is 11.8 Å². The molecule has 0 saturated heterocycles. The van der Waals surface area contributed by atoms with Gasteiger partial charge in [0.05, 0.1) is 33.2 Å². The Morgan fingerprint density at radius 1 is 1.10 bits per heavy atom. The number of para-hydroxylation sites is 1. The molecule has 1 aliphatic carbocycles. The first kappa shape index (κ1) is 28.2. The molecule has 5 rings (SSSR count). The molecule has 1 aliphatic heterocycles. The van der Waals surface area contributed by atoms with E-state index in [1.54, 1.807) is 23.1 Å². The van der Waals surface area contributed by atoms with Crippen molar-refractivity contribution < 1.29 is 14.5 Å². The van der Waals surface area contributed by atoms with Crippen molar-refractivity contribution in [1.29, 1.82) is 5.26 Å². The van der Waals surface area contributed by atoms with Gasteiger partial charge in [0, 0.05) is 23.8 Å². The number of hydrogen-bond donors (Lipinski definition) is 1. The molecule has 3 aromatic carbocycles. The number of Topliss-reactive ketones (excluding diaryl/α,β-unsaturated/α-hetero) is 1. The van der Waals surface area contributed by atoms with Crippen molar-refractivity contribution in [2.45, 2.75) is 45.6 Å². The van der Waals surface area contributed by atoms with Crippen LogP contribution < -0.4 is 15.4 Å². The number of hydrogen-bond acceptors (Lipinski definition) is 7. The molecule has 10 heteroatoms. The number of nitro benzene ring substituents is 1. The quantitative estimate of drug-likeness (QED) is 0.235. The average molecular weight is 589 g/mol. The number of nitrogens with two attached hydrogens (primary N) is 1. The maximum absolute atomic E-state index is 13.6. The number of benzene rings is 3. The fourth-order valence-electron chi connectivity index (χ4n) is 5.57. The third kappa shape index (κ3) is 5.15. The van der Waals surface area contributed by atoms with Crippen molar-refractivity contribution in [2.75, 3.05) is 4.90 Å². The minimum Gasteiger partial charge on any atom is -0.487 e. The number of nitrogens with zero attached hydrogens (tertiary/aromatic N) is 3. The van der Waals surface area contributed by atoms with Gasteiger partial charge in [-0.25, -0.2) is 0 Å². The van der Waals surface area contributed by atoms with Gasteiger partial charge in [0.1, 0.15) is 23.2 Å². The van der Waals surface area contributed by atoms with E-state index in [4.69, 9.17) is 33.7 Å². The average Bonchev–Trinajstić information content (AvgIpc) is 2.93. The summed E-state index contributed by atoms with van der Waals surface area (Å²) < 4.78 is 6.02. The fourth-order valence-corrected chi connectivity index (χ4v) is 5.95. The molecule has 0 amide bonds. The van der Waals surface area contributed by atoms with Gasteiger partial charge < -0.3 is 10.5 Å². The lowest BCUT2D eigenvalue weighted by atomic mass is 9.74. The van der Waals surface area contributed by atoms with Gasteiger partial charge in [0.25, 0.3) is 5.69 Å². The summed E-state index contributed by atoms with van der Waals surface area (Å²) in [6, 6.07) is 17.8. The minimum absolute atomic E-state index is 0.0209. The zero-order valence-corrected chi connectivity index (χ0v) is 23.9. The SMILES string of the molecule is Cc1cc(C)c(C2C(C#N)=C(N)N(c3ccc(Cl)c([N+](=O)[O-])c3)C3=C2C(=O)CCC3)cc1COc1ccccc1Cl. The molecule has 8 nitrogen and oxygen atoms in total. The van der Waals surface area contributed by atoms with E-state index >= 15 is 0 Å². The van der Waals surface area contributed by atoms with E-state index in [1.165, 1.54) is 12.1 Å². The Morgan fingerprint density at radius 3 is 2.56 bits per heavy atom. The first-order valence-corrected chi connectivity index (χ1v) is 13.7. The van der Waals surface area contributed by atoms with E-state index < -0.39 is 10.8 Å². The largest absolute Gasteiger partial charge is 0.487 e. The number of anilines is 1. The van der Waals surface area contributed by atoms with Crippen molar-refractivity contribution in [3.05, 3.63) is 120 Å². The Kier molecular flexibility index (Phi) is 7.76. The summed E-state index contributed by atoms with van der Waals surface area (Å²) in [7, 11) is 0. The second-order valence-corrected chi connectivity index (χ2v) is 10.9. The van der Waals surface area contributed by atoms with Crippen LogP contribution in [0.5, 0.6) is 5.75 Å². The highest BCUT2D eigenvalue weighted by atomic mass is 35.5. The molecule has 0 saturated carbocycles. The van der Waals surface area contributed by atoms with Crippen LogP contribution in [0.2, 0.25) is 10.0 Å². The second kappa shape index (κ2) is 11.3. The Morgan fingerprint density at radius 2 is 1.85 bits per heavy atom. The maximum atomic E-state index is 13.6. The van der Waals surface area contributed by atoms with Crippen molar-refractivity contribution in [1.82, 2.24) is 0 Å². The van der Waals surface area contributed by atoms with E-state index in [0.717, 1.165) is 22.3 Å². The number of carbonyl (C=O) groups excluding carboxylic acids is 1. The molecular formula is C31H26Cl2N4O4. The Balaban J connectivity index is 1.65. The summed E-state index contributed by atoms with van der Waals surface area (Å²) in [4.78, 5) is 26.2. The lowest BCUT2D eigenvalue weighted by Gasteiger charge is -2.40. The van der Waals surface area contributed by atoms with Gasteiger partial charge in [-0.2, -0.15) is 5.26 Å². The summed E-state index contributed by atoms with van der Waals surface area (Å²) >= 11 is 12.3. The van der Waals surface area contributed by atoms with E-state index in [-0.39, 0.29) is 34.5 Å². The normalized spacial score (nSPS) is 16.9. The van der Waals surface area contributed by atoms with Gasteiger partial charge in [-0.15, -0.1) is 0 Å². The minimum atomic E-state index is -0.694. The molecule has 41 heavy (non-hydrogen) atoms. The van der Waals surface area contributed by atoms with Gasteiger partial charge in [-0.3, -0.25) is 19.8 Å². The van der Waals surface area contributed by atoms with E-state index in [1.807, 2.05) is 38.1 Å². The zero-order chi connectivity index (χ0) is 29.4. The number of carbonyl (C=O) groups is 1. The lowest BCUT2D eigenvalue weighted by Crippen LogP contribution is -2.39. The number of halogens is 2. The third-order valence-electron chi connectivity index (χ3n) is 7.55. The molecule has 0 aromatic heterocycles. The van der Waals surface area contributed by atoms with Crippen molar-refractivity contribution >= 4 is 40.4 Å². The van der Waals surface area contributed by atoms with E-state index in [0.29, 0.717) is 47.0 Å². The van der Waals surface area contributed by atoms with Gasteiger partial charge in [0.2, 0.25) is 0 Å². The predicted molar refractivity (Wildman–Crippen MR) is 158 cm³/mol. The number of aryl methyl sites for hydroxylation is 2. The van der Waals surface area contributed by atoms with Crippen LogP contribution in [-0.2, 0) is 11.4 Å². The summed E-state index contributed by atoms with van der Waals surface area (Å²) in [5.74, 6) is -0.105. The standard InChI is InChI=1S/C31H26Cl2N4O4/c1-17-12-18(2)21(13-19(17)16-41-28-9-4-3-6-24(28)33)29-22(15-34)31(35)36(25-7-5-8-27(38)30(25)29)20-10-11-23(32)26(14-20)37(39)40/h3-4,6,9-14,29H,5,7-8,16,35H2,1-2H3. The van der Waals surface area contributed by atoms with Gasteiger partial charge in [-0.1, -0.05) is 47.5 Å². The molecule has 1 heterocycles. The molecule has 2 N–H and O–H groups in total. The Bertz CT molecular complexity index is 1710. The van der Waals surface area contributed by atoms with Gasteiger partial charge in [-0.05, 0) is 73.2 Å². The first-order valence-electron chi connectivity index (χ1n) is 13.0. The molecule has 0 radical (unpaired) electrons. The Labute approximate surface area is 247 Å². The maximum Gasteiger partial charge on any atom is 0.289 e. The first-order chi connectivity index (χ1) is 19.6. The zero-order valence-electron chi connectivity index (χ0n) is 22.4. The summed E-state index contributed by atoms with van der Waals surface area (Å²) in [6.45, 7) is 4.15. The molecule has 208 valence electrons. The fraction of sp³-hybridized carbons (Fsp3) is 0.226. The lowest BCUT2D eigenvalue weighted by molar-refractivity contribution is -0.384. The van der Waals surface area contributed by atoms with E-state index in [9.17, 15) is 20.2 Å². The molecule has 0 fully saturated rings. The van der Waals surface area contributed by atoms with Crippen molar-refractivity contribution in [2.24, 2.45) is 5.73 Å². The topological polar surface area (TPSA) is 122 Å². The molecule has 2 aliphatic rings. The van der Waals surface area contributed by atoms with Crippen LogP contribution in [0.3, 0.4) is 0 Å². The number of nitro groups is 1. The molecule has 0 bridgehead atoms. The summed E-state index contributed by atoms with van der Waals surface area (Å²) in [5.41, 5.74) is 11.6. The van der Waals surface area contributed by atoms with Crippen LogP contribution in [0, 0.1) is 35.3 Å². The van der Waals surface area contributed by atoms with Crippen molar-refractivity contribution in [3.63, 3.8) is 0 Å². The van der Waals surface area contributed by atoms with E-state index in [2.05, 4.69) is 6.07 Å². The summed E-state index contributed by atoms with van der Waals surface area (Å²) in [5, 5.41) is 22.5. The number of nitriles is 1.